The smallest absolute Gasteiger partial charge is 0.159 e. The zero-order valence-electron chi connectivity index (χ0n) is 10.9. The number of thioether (sulfide) groups is 1. The molecule has 2 fully saturated rings. The highest BCUT2D eigenvalue weighted by atomic mass is 32.2. The fourth-order valence-electron chi connectivity index (χ4n) is 3.57. The molecule has 3 rings (SSSR count). The molecule has 0 amide bonds. The minimum Gasteiger partial charge on any atom is -0.295 e. The second-order valence-electron chi connectivity index (χ2n) is 5.83. The molecule has 3 atom stereocenters. The Bertz CT molecular complexity index is 437. The first-order valence-electron chi connectivity index (χ1n) is 6.96. The van der Waals surface area contributed by atoms with Gasteiger partial charge in [-0.1, -0.05) is 18.6 Å². The van der Waals surface area contributed by atoms with Crippen LogP contribution in [0, 0.1) is 17.8 Å². The number of ketones is 1. The van der Waals surface area contributed by atoms with Crippen LogP contribution in [0.15, 0.2) is 29.2 Å². The van der Waals surface area contributed by atoms with Crippen molar-refractivity contribution < 1.29 is 4.79 Å². The normalized spacial score (nSPS) is 29.7. The molecule has 2 saturated carbocycles. The van der Waals surface area contributed by atoms with Crippen molar-refractivity contribution in [1.29, 1.82) is 0 Å². The van der Waals surface area contributed by atoms with Gasteiger partial charge >= 0.3 is 0 Å². The van der Waals surface area contributed by atoms with Crippen molar-refractivity contribution >= 4 is 17.5 Å². The average Bonchev–Trinajstić information content (AvgIpc) is 2.99. The molecule has 0 aromatic heterocycles. The Morgan fingerprint density at radius 3 is 2.56 bits per heavy atom. The van der Waals surface area contributed by atoms with Crippen LogP contribution in [0.4, 0.5) is 0 Å². The van der Waals surface area contributed by atoms with Crippen molar-refractivity contribution in [3.63, 3.8) is 0 Å². The Hall–Kier alpha value is -0.760. The maximum Gasteiger partial charge on any atom is 0.159 e. The van der Waals surface area contributed by atoms with Gasteiger partial charge in [0.05, 0.1) is 0 Å². The Morgan fingerprint density at radius 2 is 2.00 bits per heavy atom. The summed E-state index contributed by atoms with van der Waals surface area (Å²) in [6, 6.07) is 8.08. The Morgan fingerprint density at radius 1 is 1.22 bits per heavy atom. The largest absolute Gasteiger partial charge is 0.295 e. The first-order chi connectivity index (χ1) is 8.72. The second kappa shape index (κ2) is 5.08. The highest BCUT2D eigenvalue weighted by molar-refractivity contribution is 7.99. The molecular weight excluding hydrogens is 240 g/mol. The molecular formula is C16H20OS. The average molecular weight is 260 g/mol. The van der Waals surface area contributed by atoms with E-state index in [2.05, 4.69) is 12.1 Å². The molecule has 1 nitrogen and oxygen atoms in total. The minimum atomic E-state index is 0.152. The lowest BCUT2D eigenvalue weighted by atomic mass is 9.90. The molecule has 3 unspecified atom stereocenters. The van der Waals surface area contributed by atoms with Crippen LogP contribution >= 0.6 is 11.8 Å². The minimum absolute atomic E-state index is 0.152. The molecule has 0 spiro atoms. The van der Waals surface area contributed by atoms with Gasteiger partial charge in [-0.15, -0.1) is 11.8 Å². The van der Waals surface area contributed by atoms with Crippen molar-refractivity contribution in [2.75, 3.05) is 5.75 Å². The molecule has 96 valence electrons. The molecule has 0 radical (unpaired) electrons. The molecule has 0 N–H and O–H groups in total. The van der Waals surface area contributed by atoms with E-state index >= 15 is 0 Å². The van der Waals surface area contributed by atoms with Crippen molar-refractivity contribution in [3.8, 4) is 0 Å². The number of benzene rings is 1. The maximum atomic E-state index is 11.2. The summed E-state index contributed by atoms with van der Waals surface area (Å²) < 4.78 is 0. The standard InChI is InChI=1S/C16H20OS/c1-11(17)13-4-6-16(7-5-13)18-10-15-9-12-2-3-14(15)8-12/h4-7,12,14-15H,2-3,8-10H2,1H3. The summed E-state index contributed by atoms with van der Waals surface area (Å²) in [4.78, 5) is 12.5. The first kappa shape index (κ1) is 12.3. The van der Waals surface area contributed by atoms with E-state index < -0.39 is 0 Å². The van der Waals surface area contributed by atoms with Crippen LogP contribution in [-0.2, 0) is 0 Å². The molecule has 0 heterocycles. The number of hydrogen-bond donors (Lipinski definition) is 0. The SMILES string of the molecule is CC(=O)c1ccc(SCC2CC3CCC2C3)cc1. The Balaban J connectivity index is 1.55. The number of hydrogen-bond acceptors (Lipinski definition) is 2. The molecule has 1 aromatic rings. The lowest BCUT2D eigenvalue weighted by Crippen LogP contribution is -2.12. The van der Waals surface area contributed by atoms with Gasteiger partial charge in [-0.05, 0) is 56.1 Å². The van der Waals surface area contributed by atoms with E-state index in [1.165, 1.54) is 36.3 Å². The van der Waals surface area contributed by atoms with Crippen molar-refractivity contribution in [1.82, 2.24) is 0 Å². The zero-order valence-corrected chi connectivity index (χ0v) is 11.7. The van der Waals surface area contributed by atoms with E-state index in [0.29, 0.717) is 0 Å². The van der Waals surface area contributed by atoms with Crippen LogP contribution in [0.3, 0.4) is 0 Å². The van der Waals surface area contributed by atoms with Crippen molar-refractivity contribution in [3.05, 3.63) is 29.8 Å². The third kappa shape index (κ3) is 2.49. The summed E-state index contributed by atoms with van der Waals surface area (Å²) in [6.45, 7) is 1.62. The molecule has 2 heteroatoms. The van der Waals surface area contributed by atoms with Crippen LogP contribution in [-0.4, -0.2) is 11.5 Å². The number of carbonyl (C=O) groups excluding carboxylic acids is 1. The zero-order chi connectivity index (χ0) is 12.5. The van der Waals surface area contributed by atoms with E-state index in [0.717, 1.165) is 23.3 Å². The second-order valence-corrected chi connectivity index (χ2v) is 6.92. The molecule has 2 bridgehead atoms. The Kier molecular flexibility index (Phi) is 3.47. The fourth-order valence-corrected chi connectivity index (χ4v) is 4.71. The van der Waals surface area contributed by atoms with Gasteiger partial charge in [0, 0.05) is 16.2 Å². The van der Waals surface area contributed by atoms with Gasteiger partial charge < -0.3 is 0 Å². The van der Waals surface area contributed by atoms with Crippen molar-refractivity contribution in [2.45, 2.75) is 37.5 Å². The van der Waals surface area contributed by atoms with Crippen LogP contribution in [0.5, 0.6) is 0 Å². The van der Waals surface area contributed by atoms with Gasteiger partial charge in [-0.25, -0.2) is 0 Å². The van der Waals surface area contributed by atoms with Crippen LogP contribution in [0.1, 0.15) is 43.0 Å². The molecule has 0 aliphatic heterocycles. The predicted molar refractivity (Wildman–Crippen MR) is 76.1 cm³/mol. The summed E-state index contributed by atoms with van der Waals surface area (Å²) in [7, 11) is 0. The van der Waals surface area contributed by atoms with Gasteiger partial charge in [-0.3, -0.25) is 4.79 Å². The molecule has 2 aliphatic rings. The van der Waals surface area contributed by atoms with E-state index in [-0.39, 0.29) is 5.78 Å². The van der Waals surface area contributed by atoms with E-state index in [4.69, 9.17) is 0 Å². The monoisotopic (exact) mass is 260 g/mol. The highest BCUT2D eigenvalue weighted by Crippen LogP contribution is 2.49. The molecule has 1 aromatic carbocycles. The number of rotatable bonds is 4. The van der Waals surface area contributed by atoms with E-state index in [1.807, 2.05) is 23.9 Å². The maximum absolute atomic E-state index is 11.2. The number of Topliss-reactive ketones (excluding diaryl/α,β-unsaturated/α-hetero) is 1. The van der Waals surface area contributed by atoms with Gasteiger partial charge in [0.2, 0.25) is 0 Å². The lowest BCUT2D eigenvalue weighted by molar-refractivity contribution is 0.101. The lowest BCUT2D eigenvalue weighted by Gasteiger charge is -2.20. The Labute approximate surface area is 113 Å². The quantitative estimate of drug-likeness (QED) is 0.589. The summed E-state index contributed by atoms with van der Waals surface area (Å²) in [6.07, 6.45) is 5.91. The summed E-state index contributed by atoms with van der Waals surface area (Å²) >= 11 is 1.97. The summed E-state index contributed by atoms with van der Waals surface area (Å²) in [5.41, 5.74) is 0.819. The van der Waals surface area contributed by atoms with Crippen LogP contribution < -0.4 is 0 Å². The van der Waals surface area contributed by atoms with E-state index in [1.54, 1.807) is 6.92 Å². The van der Waals surface area contributed by atoms with E-state index in [9.17, 15) is 4.79 Å². The van der Waals surface area contributed by atoms with Gasteiger partial charge in [0.1, 0.15) is 0 Å². The van der Waals surface area contributed by atoms with Crippen molar-refractivity contribution in [2.24, 2.45) is 17.8 Å². The van der Waals surface area contributed by atoms with Crippen LogP contribution in [0.2, 0.25) is 0 Å². The van der Waals surface area contributed by atoms with Gasteiger partial charge in [0.25, 0.3) is 0 Å². The number of carbonyl (C=O) groups is 1. The predicted octanol–water partition coefficient (Wildman–Crippen LogP) is 4.42. The third-order valence-electron chi connectivity index (χ3n) is 4.61. The summed E-state index contributed by atoms with van der Waals surface area (Å²) in [5.74, 6) is 4.42. The van der Waals surface area contributed by atoms with Gasteiger partial charge in [0.15, 0.2) is 5.78 Å². The highest BCUT2D eigenvalue weighted by Gasteiger charge is 2.38. The molecule has 0 saturated heterocycles. The number of fused-ring (bicyclic) bond motifs is 2. The van der Waals surface area contributed by atoms with Gasteiger partial charge in [-0.2, -0.15) is 0 Å². The summed E-state index contributed by atoms with van der Waals surface area (Å²) in [5, 5.41) is 0. The fraction of sp³-hybridized carbons (Fsp3) is 0.562. The first-order valence-corrected chi connectivity index (χ1v) is 7.94. The van der Waals surface area contributed by atoms with Crippen LogP contribution in [0.25, 0.3) is 0 Å². The molecule has 18 heavy (non-hydrogen) atoms. The third-order valence-corrected chi connectivity index (χ3v) is 5.81. The topological polar surface area (TPSA) is 17.1 Å². The molecule has 2 aliphatic carbocycles.